The summed E-state index contributed by atoms with van der Waals surface area (Å²) in [6.07, 6.45) is 5.52. The van der Waals surface area contributed by atoms with Crippen molar-refractivity contribution in [2.45, 2.75) is 36.9 Å². The second-order valence-corrected chi connectivity index (χ2v) is 6.22. The van der Waals surface area contributed by atoms with Gasteiger partial charge in [0.1, 0.15) is 0 Å². The molecule has 1 amide bonds. The number of halogens is 1. The first-order valence-electron chi connectivity index (χ1n) is 6.29. The van der Waals surface area contributed by atoms with E-state index < -0.39 is 0 Å². The first kappa shape index (κ1) is 11.3. The molecule has 3 rings (SSSR count). The minimum Gasteiger partial charge on any atom is -0.326 e. The number of rotatable bonds is 3. The number of amides is 1. The van der Waals surface area contributed by atoms with Gasteiger partial charge in [-0.05, 0) is 36.0 Å². The second kappa shape index (κ2) is 4.45. The molecule has 1 saturated carbocycles. The molecule has 0 aromatic heterocycles. The van der Waals surface area contributed by atoms with Crippen LogP contribution in [-0.2, 0) is 11.2 Å². The van der Waals surface area contributed by atoms with Gasteiger partial charge in [-0.1, -0.05) is 40.9 Å². The van der Waals surface area contributed by atoms with Crippen molar-refractivity contribution in [2.24, 2.45) is 5.92 Å². The zero-order valence-corrected chi connectivity index (χ0v) is 11.3. The van der Waals surface area contributed by atoms with Crippen LogP contribution in [0.25, 0.3) is 0 Å². The molecule has 1 aromatic rings. The summed E-state index contributed by atoms with van der Waals surface area (Å²) in [5, 5.41) is 2.92. The summed E-state index contributed by atoms with van der Waals surface area (Å²) < 4.78 is 0. The highest BCUT2D eigenvalue weighted by Gasteiger charge is 2.25. The van der Waals surface area contributed by atoms with Gasteiger partial charge in [-0.15, -0.1) is 0 Å². The quantitative estimate of drug-likeness (QED) is 0.844. The number of fused-ring (bicyclic) bond motifs is 1. The molecule has 17 heavy (non-hydrogen) atoms. The van der Waals surface area contributed by atoms with Crippen LogP contribution in [0.4, 0.5) is 5.69 Å². The summed E-state index contributed by atoms with van der Waals surface area (Å²) >= 11 is 3.78. The Balaban J connectivity index is 1.79. The molecule has 0 saturated heterocycles. The molecule has 3 heteroatoms. The first-order chi connectivity index (χ1) is 8.22. The van der Waals surface area contributed by atoms with Crippen molar-refractivity contribution < 1.29 is 4.79 Å². The Hall–Kier alpha value is -0.830. The molecule has 1 aromatic carbocycles. The average Bonchev–Trinajstić information content (AvgIpc) is 3.12. The summed E-state index contributed by atoms with van der Waals surface area (Å²) in [4.78, 5) is 11.7. The van der Waals surface area contributed by atoms with Crippen molar-refractivity contribution in [3.63, 3.8) is 0 Å². The normalized spacial score (nSPS) is 20.6. The number of alkyl halides is 1. The maximum Gasteiger partial charge on any atom is 0.224 e. The van der Waals surface area contributed by atoms with E-state index in [9.17, 15) is 4.79 Å². The average molecular weight is 294 g/mol. The molecule has 2 aliphatic rings. The third kappa shape index (κ3) is 2.54. The van der Waals surface area contributed by atoms with Gasteiger partial charge in [-0.2, -0.15) is 0 Å². The van der Waals surface area contributed by atoms with E-state index in [-0.39, 0.29) is 5.91 Å². The minimum atomic E-state index is 0.138. The van der Waals surface area contributed by atoms with E-state index in [0.29, 0.717) is 11.2 Å². The molecule has 0 radical (unpaired) electrons. The molecule has 1 atom stereocenters. The Kier molecular flexibility index (Phi) is 2.95. The predicted molar refractivity (Wildman–Crippen MR) is 72.4 cm³/mol. The Morgan fingerprint density at radius 1 is 1.35 bits per heavy atom. The monoisotopic (exact) mass is 293 g/mol. The molecule has 2 nitrogen and oxygen atoms in total. The number of nitrogens with one attached hydrogen (secondary N) is 1. The lowest BCUT2D eigenvalue weighted by atomic mass is 9.98. The molecule has 0 spiro atoms. The van der Waals surface area contributed by atoms with Gasteiger partial charge in [-0.3, -0.25) is 4.79 Å². The number of carbonyl (C=O) groups excluding carboxylic acids is 1. The number of hydrogen-bond acceptors (Lipinski definition) is 1. The van der Waals surface area contributed by atoms with Crippen LogP contribution < -0.4 is 5.32 Å². The molecular formula is C14H16BrNO. The Labute approximate surface area is 110 Å². The van der Waals surface area contributed by atoms with E-state index in [0.717, 1.165) is 18.0 Å². The summed E-state index contributed by atoms with van der Waals surface area (Å²) in [6.45, 7) is 0. The van der Waals surface area contributed by atoms with Gasteiger partial charge in [0, 0.05) is 16.9 Å². The standard InChI is InChI=1S/C14H16BrNO/c15-12(7-9-1-2-9)10-3-5-13-11(8-10)4-6-14(17)16-13/h3,5,8-9,12H,1-2,4,6-7H2,(H,16,17). The van der Waals surface area contributed by atoms with Crippen molar-refractivity contribution in [1.82, 2.24) is 0 Å². The Bertz CT molecular complexity index is 454. The van der Waals surface area contributed by atoms with Gasteiger partial charge in [-0.25, -0.2) is 0 Å². The van der Waals surface area contributed by atoms with E-state index >= 15 is 0 Å². The van der Waals surface area contributed by atoms with Crippen LogP contribution in [0.5, 0.6) is 0 Å². The van der Waals surface area contributed by atoms with Gasteiger partial charge in [0.25, 0.3) is 0 Å². The Morgan fingerprint density at radius 3 is 2.94 bits per heavy atom. The fraction of sp³-hybridized carbons (Fsp3) is 0.500. The van der Waals surface area contributed by atoms with Gasteiger partial charge in [0.2, 0.25) is 5.91 Å². The maximum absolute atomic E-state index is 11.3. The molecule has 1 N–H and O–H groups in total. The van der Waals surface area contributed by atoms with Gasteiger partial charge in [0.15, 0.2) is 0 Å². The smallest absolute Gasteiger partial charge is 0.224 e. The minimum absolute atomic E-state index is 0.138. The van der Waals surface area contributed by atoms with Crippen molar-refractivity contribution in [3.8, 4) is 0 Å². The molecule has 90 valence electrons. The molecule has 1 fully saturated rings. The lowest BCUT2D eigenvalue weighted by Crippen LogP contribution is -2.19. The Morgan fingerprint density at radius 2 is 2.18 bits per heavy atom. The number of anilines is 1. The number of benzene rings is 1. The van der Waals surface area contributed by atoms with E-state index in [1.165, 1.54) is 30.4 Å². The third-order valence-electron chi connectivity index (χ3n) is 3.62. The highest BCUT2D eigenvalue weighted by Crippen LogP contribution is 2.42. The van der Waals surface area contributed by atoms with E-state index in [1.54, 1.807) is 0 Å². The lowest BCUT2D eigenvalue weighted by molar-refractivity contribution is -0.116. The second-order valence-electron chi connectivity index (χ2n) is 5.11. The molecule has 1 unspecified atom stereocenters. The summed E-state index contributed by atoms with van der Waals surface area (Å²) in [6, 6.07) is 6.42. The largest absolute Gasteiger partial charge is 0.326 e. The topological polar surface area (TPSA) is 29.1 Å². The van der Waals surface area contributed by atoms with Crippen LogP contribution in [0.1, 0.15) is 41.6 Å². The molecule has 0 bridgehead atoms. The number of carbonyl (C=O) groups is 1. The number of aryl methyl sites for hydroxylation is 1. The van der Waals surface area contributed by atoms with Crippen LogP contribution in [0, 0.1) is 5.92 Å². The molecule has 1 aliphatic carbocycles. The maximum atomic E-state index is 11.3. The van der Waals surface area contributed by atoms with Crippen LogP contribution in [0.3, 0.4) is 0 Å². The fourth-order valence-corrected chi connectivity index (χ4v) is 3.19. The van der Waals surface area contributed by atoms with Crippen LogP contribution in [0.15, 0.2) is 18.2 Å². The van der Waals surface area contributed by atoms with E-state index in [1.807, 2.05) is 6.07 Å². The van der Waals surface area contributed by atoms with Gasteiger partial charge >= 0.3 is 0 Å². The van der Waals surface area contributed by atoms with Crippen molar-refractivity contribution >= 4 is 27.5 Å². The highest BCUT2D eigenvalue weighted by atomic mass is 79.9. The summed E-state index contributed by atoms with van der Waals surface area (Å²) in [5.41, 5.74) is 3.63. The SMILES string of the molecule is O=C1CCc2cc(C(Br)CC3CC3)ccc2N1. The summed E-state index contributed by atoms with van der Waals surface area (Å²) in [5.74, 6) is 1.06. The van der Waals surface area contributed by atoms with Crippen LogP contribution in [-0.4, -0.2) is 5.91 Å². The highest BCUT2D eigenvalue weighted by molar-refractivity contribution is 9.09. The fourth-order valence-electron chi connectivity index (χ4n) is 2.38. The van der Waals surface area contributed by atoms with E-state index in [2.05, 4.69) is 33.4 Å². The molecular weight excluding hydrogens is 278 g/mol. The number of hydrogen-bond donors (Lipinski definition) is 1. The lowest BCUT2D eigenvalue weighted by Gasteiger charge is -2.19. The van der Waals surface area contributed by atoms with Crippen molar-refractivity contribution in [1.29, 1.82) is 0 Å². The van der Waals surface area contributed by atoms with Crippen LogP contribution in [0.2, 0.25) is 0 Å². The van der Waals surface area contributed by atoms with Crippen molar-refractivity contribution in [2.75, 3.05) is 5.32 Å². The zero-order valence-electron chi connectivity index (χ0n) is 9.71. The van der Waals surface area contributed by atoms with Gasteiger partial charge in [0.05, 0.1) is 0 Å². The van der Waals surface area contributed by atoms with Crippen LogP contribution >= 0.6 is 15.9 Å². The predicted octanol–water partition coefficient (Wildman–Crippen LogP) is 3.81. The van der Waals surface area contributed by atoms with Gasteiger partial charge < -0.3 is 5.32 Å². The zero-order chi connectivity index (χ0) is 11.8. The first-order valence-corrected chi connectivity index (χ1v) is 7.20. The molecule has 1 aliphatic heterocycles. The van der Waals surface area contributed by atoms with Crippen molar-refractivity contribution in [3.05, 3.63) is 29.3 Å². The third-order valence-corrected chi connectivity index (χ3v) is 4.53. The molecule has 1 heterocycles. The van der Waals surface area contributed by atoms with E-state index in [4.69, 9.17) is 0 Å². The summed E-state index contributed by atoms with van der Waals surface area (Å²) in [7, 11) is 0.